The van der Waals surface area contributed by atoms with E-state index >= 15 is 8.78 Å². The van der Waals surface area contributed by atoms with Crippen LogP contribution in [0.2, 0.25) is 5.02 Å². The normalized spacial score (nSPS) is 15.6. The van der Waals surface area contributed by atoms with Crippen LogP contribution in [-0.2, 0) is 21.3 Å². The molecular weight excluding hydrogens is 600 g/mol. The van der Waals surface area contributed by atoms with E-state index in [0.717, 1.165) is 28.2 Å². The third kappa shape index (κ3) is 6.81. The molecule has 1 aliphatic rings. The van der Waals surface area contributed by atoms with E-state index in [9.17, 15) is 13.2 Å². The van der Waals surface area contributed by atoms with Crippen molar-refractivity contribution in [1.29, 1.82) is 0 Å². The molecule has 1 aliphatic heterocycles. The van der Waals surface area contributed by atoms with E-state index in [1.54, 1.807) is 45.9 Å². The van der Waals surface area contributed by atoms with Crippen molar-refractivity contribution in [2.45, 2.75) is 57.2 Å². The quantitative estimate of drug-likeness (QED) is 0.320. The van der Waals surface area contributed by atoms with Crippen molar-refractivity contribution < 1.29 is 31.5 Å². The monoisotopic (exact) mass is 629 g/mol. The average molecular weight is 630 g/mol. The third-order valence-electron chi connectivity index (χ3n) is 6.29. The van der Waals surface area contributed by atoms with Gasteiger partial charge in [0, 0.05) is 36.7 Å². The molecule has 10 nitrogen and oxygen atoms in total. The van der Waals surface area contributed by atoms with E-state index in [1.165, 1.54) is 12.0 Å². The van der Waals surface area contributed by atoms with E-state index in [1.807, 2.05) is 0 Å². The molecule has 222 valence electrons. The van der Waals surface area contributed by atoms with Crippen LogP contribution in [0.15, 0.2) is 35.5 Å². The number of aryl methyl sites for hydroxylation is 1. The van der Waals surface area contributed by atoms with Gasteiger partial charge in [0.2, 0.25) is 5.13 Å². The zero-order valence-electron chi connectivity index (χ0n) is 23.1. The molecule has 4 rings (SSSR count). The largest absolute Gasteiger partial charge is 0.497 e. The van der Waals surface area contributed by atoms with Crippen LogP contribution in [0.1, 0.15) is 38.3 Å². The van der Waals surface area contributed by atoms with Gasteiger partial charge >= 0.3 is 6.09 Å². The second-order valence-corrected chi connectivity index (χ2v) is 13.4. The fourth-order valence-corrected chi connectivity index (χ4v) is 6.79. The number of hydrogen-bond donors (Lipinski definition) is 1. The standard InChI is InChI=1S/C26H30ClF2N5O5S2/c1-15-10-18(38-5)7-6-16(15)12-34(24-30-14-31-40-24)41(36,37)23-19(28)11-20(21(27)22(23)29)32-17-8-9-33(13-17)25(35)39-26(2,3)4/h6-7,10-11,14,17,32H,8-9,12-13H2,1-5H3/t17-/m0/s1. The smallest absolute Gasteiger partial charge is 0.410 e. The molecule has 41 heavy (non-hydrogen) atoms. The lowest BCUT2D eigenvalue weighted by atomic mass is 10.1. The molecule has 15 heteroatoms. The molecule has 2 heterocycles. The number of carbonyl (C=O) groups excluding carboxylic acids is 1. The second-order valence-electron chi connectivity index (χ2n) is 10.4. The Kier molecular flexibility index (Phi) is 8.95. The number of carbonyl (C=O) groups is 1. The van der Waals surface area contributed by atoms with Gasteiger partial charge in [-0.3, -0.25) is 0 Å². The van der Waals surface area contributed by atoms with E-state index in [0.29, 0.717) is 29.8 Å². The molecule has 0 spiro atoms. The fraction of sp³-hybridized carbons (Fsp3) is 0.423. The van der Waals surface area contributed by atoms with Crippen LogP contribution in [0.25, 0.3) is 0 Å². The minimum Gasteiger partial charge on any atom is -0.497 e. The van der Waals surface area contributed by atoms with Crippen LogP contribution in [0.5, 0.6) is 5.75 Å². The Bertz CT molecular complexity index is 1530. The highest BCUT2D eigenvalue weighted by molar-refractivity contribution is 7.93. The summed E-state index contributed by atoms with van der Waals surface area (Å²) in [6.45, 7) is 7.32. The molecular formula is C26H30ClF2N5O5S2. The summed E-state index contributed by atoms with van der Waals surface area (Å²) in [6, 6.07) is 5.47. The van der Waals surface area contributed by atoms with Crippen LogP contribution >= 0.6 is 23.1 Å². The van der Waals surface area contributed by atoms with Crippen molar-refractivity contribution >= 4 is 50.1 Å². The van der Waals surface area contributed by atoms with Crippen molar-refractivity contribution in [1.82, 2.24) is 14.3 Å². The molecule has 1 saturated heterocycles. The number of anilines is 2. The molecule has 0 aliphatic carbocycles. The first-order valence-corrected chi connectivity index (χ1v) is 15.1. The SMILES string of the molecule is COc1ccc(CN(c2ncns2)S(=O)(=O)c2c(F)cc(N[C@H]3CCN(C(=O)OC(C)(C)C)C3)c(Cl)c2F)c(C)c1. The maximum absolute atomic E-state index is 15.7. The summed E-state index contributed by atoms with van der Waals surface area (Å²) in [5.74, 6) is -2.21. The predicted molar refractivity (Wildman–Crippen MR) is 152 cm³/mol. The lowest BCUT2D eigenvalue weighted by molar-refractivity contribution is 0.0293. The van der Waals surface area contributed by atoms with E-state index in [2.05, 4.69) is 14.7 Å². The summed E-state index contributed by atoms with van der Waals surface area (Å²) in [5.41, 5.74) is 0.453. The highest BCUT2D eigenvalue weighted by Gasteiger charge is 2.36. The summed E-state index contributed by atoms with van der Waals surface area (Å²) in [5, 5.41) is 2.25. The van der Waals surface area contributed by atoms with E-state index in [4.69, 9.17) is 21.1 Å². The van der Waals surface area contributed by atoms with Gasteiger partial charge in [-0.2, -0.15) is 4.37 Å². The van der Waals surface area contributed by atoms with Crippen LogP contribution in [0, 0.1) is 18.6 Å². The van der Waals surface area contributed by atoms with Gasteiger partial charge in [-0.1, -0.05) is 17.7 Å². The molecule has 1 amide bonds. The summed E-state index contributed by atoms with van der Waals surface area (Å²) >= 11 is 7.02. The minimum atomic E-state index is -4.84. The van der Waals surface area contributed by atoms with Crippen molar-refractivity contribution in [3.63, 3.8) is 0 Å². The Hall–Kier alpha value is -3.23. The number of nitrogens with zero attached hydrogens (tertiary/aromatic N) is 4. The van der Waals surface area contributed by atoms with Gasteiger partial charge in [-0.15, -0.1) is 0 Å². The maximum Gasteiger partial charge on any atom is 0.410 e. The number of sulfonamides is 1. The molecule has 1 fully saturated rings. The first-order valence-electron chi connectivity index (χ1n) is 12.6. The minimum absolute atomic E-state index is 0.0782. The first kappa shape index (κ1) is 30.7. The zero-order chi connectivity index (χ0) is 30.1. The van der Waals surface area contributed by atoms with Gasteiger partial charge < -0.3 is 19.7 Å². The Morgan fingerprint density at radius 1 is 1.29 bits per heavy atom. The van der Waals surface area contributed by atoms with Crippen molar-refractivity contribution in [2.75, 3.05) is 29.8 Å². The molecule has 0 radical (unpaired) electrons. The summed E-state index contributed by atoms with van der Waals surface area (Å²) in [4.78, 5) is 16.6. The van der Waals surface area contributed by atoms with Crippen molar-refractivity contribution in [3.8, 4) is 5.75 Å². The molecule has 2 aromatic carbocycles. The van der Waals surface area contributed by atoms with Gasteiger partial charge in [0.1, 0.15) is 28.5 Å². The molecule has 1 N–H and O–H groups in total. The zero-order valence-corrected chi connectivity index (χ0v) is 25.5. The Balaban J connectivity index is 1.62. The van der Waals surface area contributed by atoms with Crippen molar-refractivity contribution in [3.05, 3.63) is 58.4 Å². The molecule has 0 unspecified atom stereocenters. The number of halogens is 3. The maximum atomic E-state index is 15.7. The van der Waals surface area contributed by atoms with Crippen LogP contribution in [0.3, 0.4) is 0 Å². The van der Waals surface area contributed by atoms with Gasteiger partial charge in [-0.05, 0) is 57.4 Å². The summed E-state index contributed by atoms with van der Waals surface area (Å²) in [6.07, 6.45) is 1.11. The van der Waals surface area contributed by atoms with Gasteiger partial charge in [0.05, 0.1) is 19.3 Å². The number of likely N-dealkylation sites (tertiary alicyclic amines) is 1. The van der Waals surface area contributed by atoms with Gasteiger partial charge in [0.15, 0.2) is 10.7 Å². The second kappa shape index (κ2) is 11.9. The first-order chi connectivity index (χ1) is 19.2. The molecule has 0 saturated carbocycles. The number of aromatic nitrogens is 2. The number of rotatable bonds is 8. The number of nitrogens with one attached hydrogen (secondary N) is 1. The summed E-state index contributed by atoms with van der Waals surface area (Å²) < 4.78 is 73.9. The number of benzene rings is 2. The van der Waals surface area contributed by atoms with Crippen LogP contribution in [0.4, 0.5) is 24.4 Å². The van der Waals surface area contributed by atoms with Gasteiger partial charge in [0.25, 0.3) is 10.0 Å². The van der Waals surface area contributed by atoms with Crippen molar-refractivity contribution in [2.24, 2.45) is 0 Å². The average Bonchev–Trinajstić information content (AvgIpc) is 3.58. The summed E-state index contributed by atoms with van der Waals surface area (Å²) in [7, 11) is -3.34. The molecule has 3 aromatic rings. The fourth-order valence-electron chi connectivity index (χ4n) is 4.28. The number of ether oxygens (including phenoxy) is 2. The topological polar surface area (TPSA) is 114 Å². The lowest BCUT2D eigenvalue weighted by Crippen LogP contribution is -2.36. The molecule has 1 atom stereocenters. The Morgan fingerprint density at radius 2 is 2.02 bits per heavy atom. The van der Waals surface area contributed by atoms with Crippen LogP contribution < -0.4 is 14.4 Å². The lowest BCUT2D eigenvalue weighted by Gasteiger charge is -2.25. The number of methoxy groups -OCH3 is 1. The van der Waals surface area contributed by atoms with Crippen LogP contribution in [-0.4, -0.2) is 60.6 Å². The van der Waals surface area contributed by atoms with Gasteiger partial charge in [-0.25, -0.2) is 31.3 Å². The Morgan fingerprint density at radius 3 is 2.63 bits per heavy atom. The predicted octanol–water partition coefficient (Wildman–Crippen LogP) is 5.60. The number of hydrogen-bond acceptors (Lipinski definition) is 9. The van der Waals surface area contributed by atoms with E-state index < -0.39 is 49.3 Å². The van der Waals surface area contributed by atoms with E-state index in [-0.39, 0.29) is 23.9 Å². The molecule has 1 aromatic heterocycles. The number of amides is 1. The highest BCUT2D eigenvalue weighted by Crippen LogP contribution is 2.37. The Labute approximate surface area is 246 Å². The highest BCUT2D eigenvalue weighted by atomic mass is 35.5. The molecule has 0 bridgehead atoms. The third-order valence-corrected chi connectivity index (χ3v) is 9.24.